The van der Waals surface area contributed by atoms with Crippen LogP contribution in [0.15, 0.2) is 18.2 Å². The zero-order valence-corrected chi connectivity index (χ0v) is 9.84. The Kier molecular flexibility index (Phi) is 3.42. The van der Waals surface area contributed by atoms with Gasteiger partial charge in [0.25, 0.3) is 0 Å². The molecule has 82 valence electrons. The molecule has 2 rings (SSSR count). The van der Waals surface area contributed by atoms with Gasteiger partial charge in [0.2, 0.25) is 0 Å². The van der Waals surface area contributed by atoms with E-state index in [0.717, 1.165) is 6.54 Å². The highest BCUT2D eigenvalue weighted by Gasteiger charge is 2.14. The molecule has 0 aliphatic heterocycles. The van der Waals surface area contributed by atoms with Crippen molar-refractivity contribution in [1.29, 1.82) is 0 Å². The molecule has 0 saturated heterocycles. The molecule has 0 amide bonds. The molecule has 0 aromatic heterocycles. The second-order valence-corrected chi connectivity index (χ2v) is 4.54. The number of benzene rings is 1. The monoisotopic (exact) mass is 203 g/mol. The van der Waals surface area contributed by atoms with Crippen molar-refractivity contribution in [3.8, 4) is 0 Å². The number of likely N-dealkylation sites (N-methyl/N-ethyl adjacent to an activating group) is 1. The minimum absolute atomic E-state index is 0.681. The Morgan fingerprint density at radius 3 is 2.80 bits per heavy atom. The summed E-state index contributed by atoms with van der Waals surface area (Å²) in [5.74, 6) is 0.681. The first kappa shape index (κ1) is 10.7. The van der Waals surface area contributed by atoms with Crippen molar-refractivity contribution in [3.05, 3.63) is 34.9 Å². The van der Waals surface area contributed by atoms with Crippen molar-refractivity contribution in [2.45, 2.75) is 38.5 Å². The number of aryl methyl sites for hydroxylation is 2. The van der Waals surface area contributed by atoms with Crippen molar-refractivity contribution >= 4 is 0 Å². The Balaban J connectivity index is 2.20. The molecule has 1 aliphatic carbocycles. The lowest BCUT2D eigenvalue weighted by Crippen LogP contribution is -2.16. The van der Waals surface area contributed by atoms with Crippen LogP contribution < -0.4 is 5.32 Å². The van der Waals surface area contributed by atoms with Crippen LogP contribution in [0.4, 0.5) is 0 Å². The summed E-state index contributed by atoms with van der Waals surface area (Å²) in [6.07, 6.45) is 5.15. The minimum Gasteiger partial charge on any atom is -0.319 e. The Morgan fingerprint density at radius 2 is 2.07 bits per heavy atom. The highest BCUT2D eigenvalue weighted by Crippen LogP contribution is 2.27. The SMILES string of the molecule is CCC(CNC)c1ccc2c(c1)CCC2. The lowest BCUT2D eigenvalue weighted by atomic mass is 9.93. The maximum absolute atomic E-state index is 3.28. The van der Waals surface area contributed by atoms with Crippen molar-refractivity contribution in [3.63, 3.8) is 0 Å². The molecule has 0 spiro atoms. The predicted molar refractivity (Wildman–Crippen MR) is 65.4 cm³/mol. The molecule has 0 bridgehead atoms. The van der Waals surface area contributed by atoms with E-state index in [-0.39, 0.29) is 0 Å². The highest BCUT2D eigenvalue weighted by molar-refractivity contribution is 5.36. The Morgan fingerprint density at radius 1 is 1.27 bits per heavy atom. The molecular formula is C14H21N. The van der Waals surface area contributed by atoms with Crippen LogP contribution >= 0.6 is 0 Å². The predicted octanol–water partition coefficient (Wildman–Crippen LogP) is 2.89. The molecule has 0 heterocycles. The van der Waals surface area contributed by atoms with Crippen LogP contribution in [0.3, 0.4) is 0 Å². The fraction of sp³-hybridized carbons (Fsp3) is 0.571. The summed E-state index contributed by atoms with van der Waals surface area (Å²) in [7, 11) is 2.04. The summed E-state index contributed by atoms with van der Waals surface area (Å²) in [5.41, 5.74) is 4.70. The van der Waals surface area contributed by atoms with Crippen molar-refractivity contribution in [2.75, 3.05) is 13.6 Å². The third kappa shape index (κ3) is 2.23. The largest absolute Gasteiger partial charge is 0.319 e. The van der Waals surface area contributed by atoms with Gasteiger partial charge in [0.15, 0.2) is 0 Å². The molecule has 0 fully saturated rings. The number of hydrogen-bond acceptors (Lipinski definition) is 1. The summed E-state index contributed by atoms with van der Waals surface area (Å²) in [6, 6.07) is 7.11. The van der Waals surface area contributed by atoms with E-state index in [1.807, 2.05) is 7.05 Å². The van der Waals surface area contributed by atoms with Crippen LogP contribution in [0.5, 0.6) is 0 Å². The van der Waals surface area contributed by atoms with Gasteiger partial charge in [-0.25, -0.2) is 0 Å². The number of nitrogens with one attached hydrogen (secondary N) is 1. The molecular weight excluding hydrogens is 182 g/mol. The zero-order valence-electron chi connectivity index (χ0n) is 9.84. The third-order valence-electron chi connectivity index (χ3n) is 3.54. The fourth-order valence-electron chi connectivity index (χ4n) is 2.59. The first-order valence-corrected chi connectivity index (χ1v) is 6.11. The number of hydrogen-bond donors (Lipinski definition) is 1. The van der Waals surface area contributed by atoms with Crippen LogP contribution in [-0.2, 0) is 12.8 Å². The molecule has 1 heteroatoms. The Hall–Kier alpha value is -0.820. The first-order valence-electron chi connectivity index (χ1n) is 6.11. The normalized spacial score (nSPS) is 16.4. The van der Waals surface area contributed by atoms with Gasteiger partial charge in [-0.05, 0) is 55.3 Å². The molecule has 1 aromatic carbocycles. The van der Waals surface area contributed by atoms with Crippen molar-refractivity contribution in [2.24, 2.45) is 0 Å². The Labute approximate surface area is 92.9 Å². The van der Waals surface area contributed by atoms with E-state index >= 15 is 0 Å². The van der Waals surface area contributed by atoms with E-state index in [2.05, 4.69) is 30.4 Å². The summed E-state index contributed by atoms with van der Waals surface area (Å²) < 4.78 is 0. The zero-order chi connectivity index (χ0) is 10.7. The second kappa shape index (κ2) is 4.80. The van der Waals surface area contributed by atoms with Gasteiger partial charge in [0.1, 0.15) is 0 Å². The fourth-order valence-corrected chi connectivity index (χ4v) is 2.59. The van der Waals surface area contributed by atoms with E-state index in [0.29, 0.717) is 5.92 Å². The van der Waals surface area contributed by atoms with Crippen LogP contribution in [0, 0.1) is 0 Å². The summed E-state index contributed by atoms with van der Waals surface area (Å²) in [5, 5.41) is 3.28. The second-order valence-electron chi connectivity index (χ2n) is 4.54. The minimum atomic E-state index is 0.681. The van der Waals surface area contributed by atoms with Gasteiger partial charge < -0.3 is 5.32 Å². The molecule has 1 aromatic rings. The number of fused-ring (bicyclic) bond motifs is 1. The van der Waals surface area contributed by atoms with E-state index < -0.39 is 0 Å². The van der Waals surface area contributed by atoms with Crippen LogP contribution in [0.2, 0.25) is 0 Å². The lowest BCUT2D eigenvalue weighted by molar-refractivity contribution is 0.611. The van der Waals surface area contributed by atoms with E-state index in [4.69, 9.17) is 0 Å². The maximum atomic E-state index is 3.28. The quantitative estimate of drug-likeness (QED) is 0.793. The Bertz CT molecular complexity index is 330. The van der Waals surface area contributed by atoms with Crippen molar-refractivity contribution < 1.29 is 0 Å². The van der Waals surface area contributed by atoms with Gasteiger partial charge in [0, 0.05) is 6.54 Å². The van der Waals surface area contributed by atoms with Gasteiger partial charge >= 0.3 is 0 Å². The average molecular weight is 203 g/mol. The molecule has 0 radical (unpaired) electrons. The van der Waals surface area contributed by atoms with E-state index in [1.165, 1.54) is 31.2 Å². The molecule has 1 N–H and O–H groups in total. The third-order valence-corrected chi connectivity index (χ3v) is 3.54. The summed E-state index contributed by atoms with van der Waals surface area (Å²) in [4.78, 5) is 0. The van der Waals surface area contributed by atoms with E-state index in [9.17, 15) is 0 Å². The molecule has 15 heavy (non-hydrogen) atoms. The topological polar surface area (TPSA) is 12.0 Å². The lowest BCUT2D eigenvalue weighted by Gasteiger charge is -2.16. The van der Waals surface area contributed by atoms with E-state index in [1.54, 1.807) is 11.1 Å². The molecule has 1 atom stereocenters. The summed E-state index contributed by atoms with van der Waals surface area (Å²) >= 11 is 0. The van der Waals surface area contributed by atoms with Crippen molar-refractivity contribution in [1.82, 2.24) is 5.32 Å². The van der Waals surface area contributed by atoms with Gasteiger partial charge in [0.05, 0.1) is 0 Å². The van der Waals surface area contributed by atoms with Gasteiger partial charge in [-0.15, -0.1) is 0 Å². The van der Waals surface area contributed by atoms with Crippen LogP contribution in [0.1, 0.15) is 42.4 Å². The summed E-state index contributed by atoms with van der Waals surface area (Å²) in [6.45, 7) is 3.37. The van der Waals surface area contributed by atoms with Crippen LogP contribution in [0.25, 0.3) is 0 Å². The molecule has 1 nitrogen and oxygen atoms in total. The smallest absolute Gasteiger partial charge is 0.00170 e. The first-order chi connectivity index (χ1) is 7.35. The van der Waals surface area contributed by atoms with Gasteiger partial charge in [-0.2, -0.15) is 0 Å². The van der Waals surface area contributed by atoms with Gasteiger partial charge in [-0.3, -0.25) is 0 Å². The maximum Gasteiger partial charge on any atom is 0.00170 e. The highest BCUT2D eigenvalue weighted by atomic mass is 14.8. The van der Waals surface area contributed by atoms with Crippen LogP contribution in [-0.4, -0.2) is 13.6 Å². The molecule has 0 saturated carbocycles. The van der Waals surface area contributed by atoms with Gasteiger partial charge in [-0.1, -0.05) is 25.1 Å². The average Bonchev–Trinajstić information content (AvgIpc) is 2.72. The molecule has 1 unspecified atom stereocenters. The standard InChI is InChI=1S/C14H21N/c1-3-11(10-15-2)14-8-7-12-5-4-6-13(12)9-14/h7-9,11,15H,3-6,10H2,1-2H3. The number of rotatable bonds is 4. The molecule has 1 aliphatic rings.